The Balaban J connectivity index is 2.39. The minimum absolute atomic E-state index is 0.00809. The average molecular weight is 415 g/mol. The number of benzene rings is 1. The second-order valence-electron chi connectivity index (χ2n) is 6.12. The molecule has 1 aromatic rings. The zero-order chi connectivity index (χ0) is 15.8. The molecule has 21 heavy (non-hydrogen) atoms. The Morgan fingerprint density at radius 1 is 1.14 bits per heavy atom. The van der Waals surface area contributed by atoms with Gasteiger partial charge in [0.15, 0.2) is 0 Å². The van der Waals surface area contributed by atoms with E-state index in [0.29, 0.717) is 17.6 Å². The molecule has 2 rings (SSSR count). The second kappa shape index (κ2) is 6.36. The van der Waals surface area contributed by atoms with Crippen LogP contribution < -0.4 is 0 Å². The molecule has 0 aromatic heterocycles. The third kappa shape index (κ3) is 3.94. The maximum absolute atomic E-state index is 12.8. The van der Waals surface area contributed by atoms with E-state index >= 15 is 0 Å². The summed E-state index contributed by atoms with van der Waals surface area (Å²) in [6.07, 6.45) is 2.69. The maximum Gasteiger partial charge on any atom is 0.246 e. The summed E-state index contributed by atoms with van der Waals surface area (Å²) in [5, 5.41) is 0.302. The Kier molecular flexibility index (Phi) is 5.31. The molecule has 0 amide bonds. The molecule has 0 N–H and O–H groups in total. The summed E-state index contributed by atoms with van der Waals surface area (Å²) < 4.78 is 27.9. The van der Waals surface area contributed by atoms with Crippen molar-refractivity contribution in [3.05, 3.63) is 26.7 Å². The van der Waals surface area contributed by atoms with E-state index in [-0.39, 0.29) is 20.4 Å². The van der Waals surface area contributed by atoms with Crippen molar-refractivity contribution in [1.29, 1.82) is 0 Å². The van der Waals surface area contributed by atoms with E-state index in [4.69, 9.17) is 23.2 Å². The third-order valence-corrected chi connectivity index (χ3v) is 7.14. The summed E-state index contributed by atoms with van der Waals surface area (Å²) in [6.45, 7) is 5.35. The predicted molar refractivity (Wildman–Crippen MR) is 90.6 cm³/mol. The first-order valence-electron chi connectivity index (χ1n) is 6.78. The lowest BCUT2D eigenvalue weighted by Gasteiger charge is -2.23. The van der Waals surface area contributed by atoms with Crippen molar-refractivity contribution in [1.82, 2.24) is 4.31 Å². The van der Waals surface area contributed by atoms with Crippen LogP contribution >= 0.6 is 39.1 Å². The van der Waals surface area contributed by atoms with Gasteiger partial charge in [-0.1, -0.05) is 53.0 Å². The van der Waals surface area contributed by atoms with Gasteiger partial charge in [0, 0.05) is 17.6 Å². The zero-order valence-electron chi connectivity index (χ0n) is 12.0. The van der Waals surface area contributed by atoms with Crippen molar-refractivity contribution in [2.24, 2.45) is 5.41 Å². The van der Waals surface area contributed by atoms with Crippen LogP contribution in [-0.2, 0) is 10.0 Å². The molecule has 1 heterocycles. The molecule has 118 valence electrons. The Morgan fingerprint density at radius 3 is 2.29 bits per heavy atom. The fourth-order valence-electron chi connectivity index (χ4n) is 2.54. The van der Waals surface area contributed by atoms with Gasteiger partial charge in [-0.25, -0.2) is 8.42 Å². The van der Waals surface area contributed by atoms with Crippen LogP contribution in [-0.4, -0.2) is 25.8 Å². The number of sulfonamides is 1. The normalized spacial score (nSPS) is 20.2. The zero-order valence-corrected chi connectivity index (χ0v) is 15.9. The van der Waals surface area contributed by atoms with Gasteiger partial charge < -0.3 is 0 Å². The van der Waals surface area contributed by atoms with Gasteiger partial charge in [-0.05, 0) is 36.8 Å². The lowest BCUT2D eigenvalue weighted by Crippen LogP contribution is -2.32. The van der Waals surface area contributed by atoms with E-state index in [0.717, 1.165) is 19.3 Å². The van der Waals surface area contributed by atoms with Gasteiger partial charge in [0.05, 0.1) is 10.0 Å². The van der Waals surface area contributed by atoms with E-state index in [2.05, 4.69) is 29.8 Å². The van der Waals surface area contributed by atoms with Gasteiger partial charge in [-0.3, -0.25) is 0 Å². The van der Waals surface area contributed by atoms with Crippen molar-refractivity contribution < 1.29 is 8.42 Å². The van der Waals surface area contributed by atoms with Crippen LogP contribution in [0, 0.1) is 5.41 Å². The minimum atomic E-state index is -3.67. The lowest BCUT2D eigenvalue weighted by molar-refractivity contribution is 0.315. The maximum atomic E-state index is 12.8. The fraction of sp³-hybridized carbons (Fsp3) is 0.571. The molecule has 0 spiro atoms. The van der Waals surface area contributed by atoms with E-state index in [1.165, 1.54) is 4.31 Å². The molecule has 0 atom stereocenters. The molecule has 3 nitrogen and oxygen atoms in total. The number of halogens is 3. The molecular weight excluding hydrogens is 397 g/mol. The SMILES string of the molecule is CC1(C)CCCN(S(=O)(=O)c2c(Cl)cc(Br)cc2Cl)CC1. The van der Waals surface area contributed by atoms with E-state index in [1.807, 2.05) is 0 Å². The summed E-state index contributed by atoms with van der Waals surface area (Å²) in [5.41, 5.74) is 0.164. The highest BCUT2D eigenvalue weighted by atomic mass is 79.9. The molecule has 1 aromatic carbocycles. The molecule has 0 bridgehead atoms. The van der Waals surface area contributed by atoms with Gasteiger partial charge >= 0.3 is 0 Å². The topological polar surface area (TPSA) is 37.4 Å². The molecular formula is C14H18BrCl2NO2S. The summed E-state index contributed by atoms with van der Waals surface area (Å²) in [4.78, 5) is 0.00809. The van der Waals surface area contributed by atoms with Crippen molar-refractivity contribution in [3.8, 4) is 0 Å². The van der Waals surface area contributed by atoms with E-state index in [9.17, 15) is 8.42 Å². The predicted octanol–water partition coefficient (Wildman–Crippen LogP) is 4.96. The highest BCUT2D eigenvalue weighted by molar-refractivity contribution is 9.10. The second-order valence-corrected chi connectivity index (χ2v) is 9.73. The van der Waals surface area contributed by atoms with Gasteiger partial charge in [0.25, 0.3) is 0 Å². The molecule has 0 unspecified atom stereocenters. The van der Waals surface area contributed by atoms with Crippen molar-refractivity contribution in [2.75, 3.05) is 13.1 Å². The van der Waals surface area contributed by atoms with Crippen molar-refractivity contribution in [3.63, 3.8) is 0 Å². The smallest absolute Gasteiger partial charge is 0.207 e. The highest BCUT2D eigenvalue weighted by Crippen LogP contribution is 2.37. The highest BCUT2D eigenvalue weighted by Gasteiger charge is 2.33. The third-order valence-electron chi connectivity index (χ3n) is 3.86. The standard InChI is InChI=1S/C14H18BrCl2NO2S/c1-14(2)4-3-6-18(7-5-14)21(19,20)13-11(16)8-10(15)9-12(13)17/h8-9H,3-7H2,1-2H3. The van der Waals surface area contributed by atoms with Crippen LogP contribution in [0.4, 0.5) is 0 Å². The van der Waals surface area contributed by atoms with Crippen LogP contribution in [0.1, 0.15) is 33.1 Å². The van der Waals surface area contributed by atoms with Crippen LogP contribution in [0.5, 0.6) is 0 Å². The molecule has 1 saturated heterocycles. The van der Waals surface area contributed by atoms with Gasteiger partial charge in [-0.15, -0.1) is 0 Å². The van der Waals surface area contributed by atoms with Crippen LogP contribution in [0.15, 0.2) is 21.5 Å². The molecule has 1 fully saturated rings. The largest absolute Gasteiger partial charge is 0.246 e. The van der Waals surface area contributed by atoms with Crippen LogP contribution in [0.3, 0.4) is 0 Å². The van der Waals surface area contributed by atoms with Gasteiger partial charge in [-0.2, -0.15) is 4.31 Å². The molecule has 0 saturated carbocycles. The Labute approximate surface area is 144 Å². The summed E-state index contributed by atoms with van der Waals surface area (Å²) in [6, 6.07) is 3.12. The summed E-state index contributed by atoms with van der Waals surface area (Å²) in [7, 11) is -3.67. The average Bonchev–Trinajstić information content (AvgIpc) is 2.48. The summed E-state index contributed by atoms with van der Waals surface area (Å²) in [5.74, 6) is 0. The first-order valence-corrected chi connectivity index (χ1v) is 9.77. The lowest BCUT2D eigenvalue weighted by atomic mass is 9.85. The quantitative estimate of drug-likeness (QED) is 0.685. The monoisotopic (exact) mass is 413 g/mol. The molecule has 7 heteroatoms. The van der Waals surface area contributed by atoms with E-state index < -0.39 is 10.0 Å². The first kappa shape index (κ1) is 17.5. The van der Waals surface area contributed by atoms with Gasteiger partial charge in [0.2, 0.25) is 10.0 Å². The van der Waals surface area contributed by atoms with Crippen LogP contribution in [0.2, 0.25) is 10.0 Å². The first-order chi connectivity index (χ1) is 9.63. The fourth-order valence-corrected chi connectivity index (χ4v) is 5.91. The number of rotatable bonds is 2. The Bertz CT molecular complexity index is 623. The van der Waals surface area contributed by atoms with Crippen molar-refractivity contribution >= 4 is 49.2 Å². The number of hydrogen-bond donors (Lipinski definition) is 0. The number of nitrogens with zero attached hydrogens (tertiary/aromatic N) is 1. The van der Waals surface area contributed by atoms with E-state index in [1.54, 1.807) is 12.1 Å². The molecule has 0 radical (unpaired) electrons. The summed E-state index contributed by atoms with van der Waals surface area (Å²) >= 11 is 15.5. The van der Waals surface area contributed by atoms with Crippen LogP contribution in [0.25, 0.3) is 0 Å². The van der Waals surface area contributed by atoms with Crippen molar-refractivity contribution in [2.45, 2.75) is 38.0 Å². The Morgan fingerprint density at radius 2 is 1.71 bits per heavy atom. The molecule has 1 aliphatic rings. The Hall–Kier alpha value is 0.190. The van der Waals surface area contributed by atoms with Gasteiger partial charge in [0.1, 0.15) is 4.90 Å². The molecule has 1 aliphatic heterocycles. The number of hydrogen-bond acceptors (Lipinski definition) is 2. The molecule has 0 aliphatic carbocycles. The minimum Gasteiger partial charge on any atom is -0.207 e.